The molecule has 2 rings (SSSR count). The van der Waals surface area contributed by atoms with Crippen LogP contribution in [0.5, 0.6) is 0 Å². The van der Waals surface area contributed by atoms with Crippen molar-refractivity contribution in [2.45, 2.75) is 19.8 Å². The Kier molecular flexibility index (Phi) is 2.04. The molecule has 0 aliphatic rings. The Morgan fingerprint density at radius 1 is 1.38 bits per heavy atom. The monoisotopic (exact) mass is 195 g/mol. The van der Waals surface area contributed by atoms with Gasteiger partial charge in [0, 0.05) is 0 Å². The predicted octanol–water partition coefficient (Wildman–Crippen LogP) is 3.56. The largest absolute Gasteiger partial charge is 0.242 e. The van der Waals surface area contributed by atoms with E-state index in [9.17, 15) is 4.39 Å². The van der Waals surface area contributed by atoms with Crippen molar-refractivity contribution in [2.24, 2.45) is 0 Å². The molecule has 0 amide bonds. The molecule has 0 N–H and O–H groups in total. The molecule has 0 bridgehead atoms. The molecule has 0 aliphatic heterocycles. The molecule has 1 heterocycles. The summed E-state index contributed by atoms with van der Waals surface area (Å²) in [7, 11) is 0. The van der Waals surface area contributed by atoms with Gasteiger partial charge in [0.15, 0.2) is 5.82 Å². The van der Waals surface area contributed by atoms with Crippen LogP contribution >= 0.6 is 11.3 Å². The third kappa shape index (κ3) is 1.44. The normalized spacial score (nSPS) is 11.4. The number of rotatable bonds is 1. The smallest absolute Gasteiger partial charge is 0.150 e. The summed E-state index contributed by atoms with van der Waals surface area (Å²) in [6.45, 7) is 4.11. The highest BCUT2D eigenvalue weighted by Gasteiger charge is 2.07. The van der Waals surface area contributed by atoms with Gasteiger partial charge in [-0.3, -0.25) is 0 Å². The molecule has 0 aliphatic carbocycles. The number of aromatic nitrogens is 1. The highest BCUT2D eigenvalue weighted by atomic mass is 32.1. The van der Waals surface area contributed by atoms with Crippen LogP contribution in [-0.4, -0.2) is 4.98 Å². The molecule has 0 saturated carbocycles. The van der Waals surface area contributed by atoms with Crippen LogP contribution in [0.15, 0.2) is 17.6 Å². The second-order valence-corrected chi connectivity index (χ2v) is 4.24. The maximum Gasteiger partial charge on any atom is 0.150 e. The molecule has 1 nitrogen and oxygen atoms in total. The number of fused-ring (bicyclic) bond motifs is 1. The molecular formula is C10H10FNS. The number of halogens is 1. The molecule has 0 saturated heterocycles. The lowest BCUT2D eigenvalue weighted by Crippen LogP contribution is -1.88. The van der Waals surface area contributed by atoms with Crippen molar-refractivity contribution in [3.05, 3.63) is 29.0 Å². The van der Waals surface area contributed by atoms with Crippen molar-refractivity contribution in [3.8, 4) is 0 Å². The van der Waals surface area contributed by atoms with Gasteiger partial charge in [-0.1, -0.05) is 13.8 Å². The molecule has 1 aromatic heterocycles. The van der Waals surface area contributed by atoms with E-state index in [1.54, 1.807) is 11.6 Å². The third-order valence-corrected chi connectivity index (χ3v) is 2.85. The Balaban J connectivity index is 2.70. The lowest BCUT2D eigenvalue weighted by molar-refractivity contribution is 0.633. The SMILES string of the molecule is CC(C)c1cc(F)c2ncsc2c1. The van der Waals surface area contributed by atoms with E-state index in [1.807, 2.05) is 6.07 Å². The van der Waals surface area contributed by atoms with Gasteiger partial charge in [-0.25, -0.2) is 9.37 Å². The van der Waals surface area contributed by atoms with Crippen LogP contribution in [-0.2, 0) is 0 Å². The topological polar surface area (TPSA) is 12.9 Å². The number of hydrogen-bond donors (Lipinski definition) is 0. The van der Waals surface area contributed by atoms with Gasteiger partial charge in [0.25, 0.3) is 0 Å². The summed E-state index contributed by atoms with van der Waals surface area (Å²) < 4.78 is 14.3. The molecule has 1 aromatic carbocycles. The molecule has 13 heavy (non-hydrogen) atoms. The Hall–Kier alpha value is -0.960. The van der Waals surface area contributed by atoms with Gasteiger partial charge in [0.1, 0.15) is 5.52 Å². The number of benzene rings is 1. The Bertz CT molecular complexity index is 433. The fourth-order valence-corrected chi connectivity index (χ4v) is 2.02. The Morgan fingerprint density at radius 3 is 2.85 bits per heavy atom. The molecule has 3 heteroatoms. The first kappa shape index (κ1) is 8.63. The van der Waals surface area contributed by atoms with Crippen molar-refractivity contribution in [1.82, 2.24) is 4.98 Å². The number of nitrogens with zero attached hydrogens (tertiary/aromatic N) is 1. The minimum atomic E-state index is -0.206. The molecule has 0 unspecified atom stereocenters. The van der Waals surface area contributed by atoms with E-state index in [0.717, 1.165) is 10.3 Å². The van der Waals surface area contributed by atoms with Crippen LogP contribution in [0.25, 0.3) is 10.2 Å². The molecule has 0 radical (unpaired) electrons. The minimum Gasteiger partial charge on any atom is -0.242 e. The predicted molar refractivity (Wildman–Crippen MR) is 53.7 cm³/mol. The van der Waals surface area contributed by atoms with E-state index < -0.39 is 0 Å². The van der Waals surface area contributed by atoms with Gasteiger partial charge in [0.2, 0.25) is 0 Å². The molecule has 0 fully saturated rings. The van der Waals surface area contributed by atoms with Crippen LogP contribution in [0, 0.1) is 5.82 Å². The molecule has 2 aromatic rings. The van der Waals surface area contributed by atoms with Crippen molar-refractivity contribution >= 4 is 21.6 Å². The second-order valence-electron chi connectivity index (χ2n) is 3.36. The van der Waals surface area contributed by atoms with Crippen LogP contribution < -0.4 is 0 Å². The summed E-state index contributed by atoms with van der Waals surface area (Å²) in [6, 6.07) is 3.59. The summed E-state index contributed by atoms with van der Waals surface area (Å²) in [4.78, 5) is 3.96. The van der Waals surface area contributed by atoms with Crippen molar-refractivity contribution in [2.75, 3.05) is 0 Å². The first-order valence-electron chi connectivity index (χ1n) is 4.21. The van der Waals surface area contributed by atoms with E-state index in [0.29, 0.717) is 11.4 Å². The zero-order chi connectivity index (χ0) is 9.42. The van der Waals surface area contributed by atoms with Gasteiger partial charge < -0.3 is 0 Å². The lowest BCUT2D eigenvalue weighted by atomic mass is 10.0. The first-order chi connectivity index (χ1) is 6.18. The standard InChI is InChI=1S/C10H10FNS/c1-6(2)7-3-8(11)10-9(4-7)13-5-12-10/h3-6H,1-2H3. The number of thiazole rings is 1. The van der Waals surface area contributed by atoms with Crippen molar-refractivity contribution < 1.29 is 4.39 Å². The van der Waals surface area contributed by atoms with E-state index in [2.05, 4.69) is 18.8 Å². The van der Waals surface area contributed by atoms with Crippen LogP contribution in [0.1, 0.15) is 25.3 Å². The third-order valence-electron chi connectivity index (χ3n) is 2.08. The van der Waals surface area contributed by atoms with Gasteiger partial charge in [0.05, 0.1) is 10.2 Å². The van der Waals surface area contributed by atoms with Crippen LogP contribution in [0.4, 0.5) is 4.39 Å². The zero-order valence-electron chi connectivity index (χ0n) is 7.54. The highest BCUT2D eigenvalue weighted by molar-refractivity contribution is 7.16. The van der Waals surface area contributed by atoms with Crippen molar-refractivity contribution in [3.63, 3.8) is 0 Å². The fourth-order valence-electron chi connectivity index (χ4n) is 1.28. The molecule has 68 valence electrons. The molecular weight excluding hydrogens is 185 g/mol. The first-order valence-corrected chi connectivity index (χ1v) is 5.09. The minimum absolute atomic E-state index is 0.206. The molecule has 0 atom stereocenters. The maximum atomic E-state index is 13.4. The van der Waals surface area contributed by atoms with E-state index in [4.69, 9.17) is 0 Å². The molecule has 0 spiro atoms. The Morgan fingerprint density at radius 2 is 2.15 bits per heavy atom. The zero-order valence-corrected chi connectivity index (χ0v) is 8.36. The average Bonchev–Trinajstić information content (AvgIpc) is 2.51. The van der Waals surface area contributed by atoms with Gasteiger partial charge in [-0.2, -0.15) is 0 Å². The lowest BCUT2D eigenvalue weighted by Gasteiger charge is -2.04. The summed E-state index contributed by atoms with van der Waals surface area (Å²) >= 11 is 1.48. The number of hydrogen-bond acceptors (Lipinski definition) is 2. The average molecular weight is 195 g/mol. The van der Waals surface area contributed by atoms with Gasteiger partial charge >= 0.3 is 0 Å². The van der Waals surface area contributed by atoms with E-state index in [-0.39, 0.29) is 5.82 Å². The Labute approximate surface area is 80.2 Å². The fraction of sp³-hybridized carbons (Fsp3) is 0.300. The van der Waals surface area contributed by atoms with Gasteiger partial charge in [-0.05, 0) is 23.6 Å². The quantitative estimate of drug-likeness (QED) is 0.678. The second kappa shape index (κ2) is 3.07. The maximum absolute atomic E-state index is 13.4. The van der Waals surface area contributed by atoms with Crippen molar-refractivity contribution in [1.29, 1.82) is 0 Å². The van der Waals surface area contributed by atoms with E-state index in [1.165, 1.54) is 11.3 Å². The summed E-state index contributed by atoms with van der Waals surface area (Å²) in [5, 5.41) is 0. The van der Waals surface area contributed by atoms with E-state index >= 15 is 0 Å². The van der Waals surface area contributed by atoms with Crippen LogP contribution in [0.3, 0.4) is 0 Å². The van der Waals surface area contributed by atoms with Gasteiger partial charge in [-0.15, -0.1) is 11.3 Å². The highest BCUT2D eigenvalue weighted by Crippen LogP contribution is 2.25. The van der Waals surface area contributed by atoms with Crippen LogP contribution in [0.2, 0.25) is 0 Å². The summed E-state index contributed by atoms with van der Waals surface area (Å²) in [5.41, 5.74) is 3.21. The summed E-state index contributed by atoms with van der Waals surface area (Å²) in [6.07, 6.45) is 0. The summed E-state index contributed by atoms with van der Waals surface area (Å²) in [5.74, 6) is 0.156.